The predicted octanol–water partition coefficient (Wildman–Crippen LogP) is 8.49. The van der Waals surface area contributed by atoms with Crippen molar-refractivity contribution in [2.75, 3.05) is 60.7 Å². The number of hydrogen-bond acceptors (Lipinski definition) is 7. The van der Waals surface area contributed by atoms with Gasteiger partial charge in [0.2, 0.25) is 5.91 Å². The van der Waals surface area contributed by atoms with E-state index in [1.165, 1.54) is 25.7 Å². The smallest absolute Gasteiger partial charge is 0.306 e. The number of esters is 1. The van der Waals surface area contributed by atoms with Gasteiger partial charge in [0.25, 0.3) is 0 Å². The fraction of sp³-hybridized carbons (Fsp3) is 0.842. The van der Waals surface area contributed by atoms with Crippen molar-refractivity contribution in [1.82, 2.24) is 9.80 Å². The highest BCUT2D eigenvalue weighted by atomic mass is 16.7. The molecule has 0 aliphatic rings. The summed E-state index contributed by atoms with van der Waals surface area (Å²) in [6.07, 6.45) is 25.5. The number of unbranched alkanes of at least 4 members (excludes halogenated alkanes) is 9. The standard InChI is InChI=1S/C38H72N2O6/c1-7-10-13-16-19-22-26-36(41)40(30-25-29-39(4)5)35(33-43-6)34-46-37(42)27-28-38(44-31-23-20-17-14-11-8-2)45-32-24-21-18-15-12-9-3/h11-12,14-15,35,38H,7-10,13,16-34H2,1-6H3/b14-11-,15-12-. The number of carbonyl (C=O) groups excluding carboxylic acids is 2. The van der Waals surface area contributed by atoms with Crippen LogP contribution in [0.5, 0.6) is 0 Å². The van der Waals surface area contributed by atoms with Gasteiger partial charge in [0.15, 0.2) is 6.29 Å². The lowest BCUT2D eigenvalue weighted by Gasteiger charge is -2.32. The van der Waals surface area contributed by atoms with Crippen molar-refractivity contribution in [3.05, 3.63) is 24.3 Å². The van der Waals surface area contributed by atoms with Crippen LogP contribution in [-0.2, 0) is 28.5 Å². The molecule has 0 aromatic heterocycles. The number of ether oxygens (including phenoxy) is 4. The molecule has 0 spiro atoms. The van der Waals surface area contributed by atoms with Gasteiger partial charge < -0.3 is 28.7 Å². The first kappa shape index (κ1) is 44.3. The number of nitrogens with zero attached hydrogens (tertiary/aromatic N) is 2. The summed E-state index contributed by atoms with van der Waals surface area (Å²) in [6, 6.07) is -0.310. The van der Waals surface area contributed by atoms with Crippen LogP contribution in [0.3, 0.4) is 0 Å². The van der Waals surface area contributed by atoms with E-state index in [4.69, 9.17) is 18.9 Å². The molecule has 0 bridgehead atoms. The Morgan fingerprint density at radius 2 is 1.28 bits per heavy atom. The Morgan fingerprint density at radius 3 is 1.85 bits per heavy atom. The van der Waals surface area contributed by atoms with Crippen molar-refractivity contribution in [2.45, 2.75) is 149 Å². The van der Waals surface area contributed by atoms with Crippen LogP contribution in [0.4, 0.5) is 0 Å². The first-order chi connectivity index (χ1) is 22.4. The molecule has 0 N–H and O–H groups in total. The summed E-state index contributed by atoms with van der Waals surface area (Å²) in [7, 11) is 5.70. The largest absolute Gasteiger partial charge is 0.463 e. The zero-order valence-electron chi connectivity index (χ0n) is 30.8. The zero-order chi connectivity index (χ0) is 34.1. The van der Waals surface area contributed by atoms with Gasteiger partial charge >= 0.3 is 5.97 Å². The number of hydrogen-bond donors (Lipinski definition) is 0. The van der Waals surface area contributed by atoms with Crippen molar-refractivity contribution in [3.8, 4) is 0 Å². The predicted molar refractivity (Wildman–Crippen MR) is 191 cm³/mol. The lowest BCUT2D eigenvalue weighted by molar-refractivity contribution is -0.161. The van der Waals surface area contributed by atoms with Crippen LogP contribution >= 0.6 is 0 Å². The Hall–Kier alpha value is -1.74. The van der Waals surface area contributed by atoms with Gasteiger partial charge in [0.05, 0.1) is 19.1 Å². The molecule has 0 aromatic carbocycles. The molecule has 46 heavy (non-hydrogen) atoms. The molecule has 270 valence electrons. The lowest BCUT2D eigenvalue weighted by Crippen LogP contribution is -2.47. The average molecular weight is 653 g/mol. The topological polar surface area (TPSA) is 77.5 Å². The van der Waals surface area contributed by atoms with E-state index in [1.54, 1.807) is 7.11 Å². The van der Waals surface area contributed by atoms with E-state index in [2.05, 4.69) is 50.0 Å². The van der Waals surface area contributed by atoms with E-state index in [0.29, 0.717) is 39.2 Å². The van der Waals surface area contributed by atoms with Crippen molar-refractivity contribution >= 4 is 11.9 Å². The van der Waals surface area contributed by atoms with Crippen molar-refractivity contribution < 1.29 is 28.5 Å². The maximum Gasteiger partial charge on any atom is 0.306 e. The molecule has 0 rings (SSSR count). The maximum atomic E-state index is 13.4. The molecule has 0 aromatic rings. The van der Waals surface area contributed by atoms with Gasteiger partial charge in [-0.2, -0.15) is 0 Å². The minimum absolute atomic E-state index is 0.115. The Labute approximate surface area is 283 Å². The number of amides is 1. The van der Waals surface area contributed by atoms with Crippen LogP contribution in [-0.4, -0.2) is 94.7 Å². The SMILES string of the molecule is CC/C=C\CCCCOC(CCC(=O)OCC(COC)N(CCCN(C)C)C(=O)CCCCCCCC)OCCCC/C=C\CC. The van der Waals surface area contributed by atoms with Gasteiger partial charge in [-0.3, -0.25) is 9.59 Å². The second-order valence-corrected chi connectivity index (χ2v) is 12.5. The summed E-state index contributed by atoms with van der Waals surface area (Å²) in [4.78, 5) is 30.3. The number of carbonyl (C=O) groups is 2. The van der Waals surface area contributed by atoms with Crippen molar-refractivity contribution in [3.63, 3.8) is 0 Å². The third-order valence-electron chi connectivity index (χ3n) is 7.83. The van der Waals surface area contributed by atoms with Gasteiger partial charge in [-0.05, 0) is 84.8 Å². The summed E-state index contributed by atoms with van der Waals surface area (Å²) in [6.45, 7) is 9.66. The van der Waals surface area contributed by atoms with Gasteiger partial charge in [-0.1, -0.05) is 77.2 Å². The summed E-state index contributed by atoms with van der Waals surface area (Å²) < 4.78 is 23.4. The molecule has 1 amide bonds. The third kappa shape index (κ3) is 27.4. The lowest BCUT2D eigenvalue weighted by atomic mass is 10.1. The molecule has 1 unspecified atom stereocenters. The van der Waals surface area contributed by atoms with E-state index in [-0.39, 0.29) is 30.9 Å². The molecule has 8 heteroatoms. The van der Waals surface area contributed by atoms with Crippen LogP contribution in [0.2, 0.25) is 0 Å². The van der Waals surface area contributed by atoms with Gasteiger partial charge in [0.1, 0.15) is 6.61 Å². The second-order valence-electron chi connectivity index (χ2n) is 12.5. The second kappa shape index (κ2) is 33.2. The van der Waals surface area contributed by atoms with E-state index < -0.39 is 6.29 Å². The van der Waals surface area contributed by atoms with Crippen molar-refractivity contribution in [1.29, 1.82) is 0 Å². The summed E-state index contributed by atoms with van der Waals surface area (Å²) in [5.74, 6) is -0.186. The normalized spacial score (nSPS) is 12.6. The molecule has 0 fully saturated rings. The maximum absolute atomic E-state index is 13.4. The number of allylic oxidation sites excluding steroid dienone is 4. The summed E-state index contributed by atoms with van der Waals surface area (Å²) in [5.41, 5.74) is 0. The van der Waals surface area contributed by atoms with Crippen LogP contribution < -0.4 is 0 Å². The minimum atomic E-state index is -0.430. The molecule has 0 aliphatic carbocycles. The Balaban J connectivity index is 5.02. The molecule has 0 saturated heterocycles. The molecule has 0 aliphatic heterocycles. The summed E-state index contributed by atoms with van der Waals surface area (Å²) >= 11 is 0. The third-order valence-corrected chi connectivity index (χ3v) is 7.83. The molecule has 0 heterocycles. The van der Waals surface area contributed by atoms with Crippen LogP contribution in [0, 0.1) is 0 Å². The Kier molecular flexibility index (Phi) is 31.9. The molecule has 0 saturated carbocycles. The van der Waals surface area contributed by atoms with E-state index >= 15 is 0 Å². The van der Waals surface area contributed by atoms with Gasteiger partial charge in [0, 0.05) is 39.7 Å². The van der Waals surface area contributed by atoms with E-state index in [9.17, 15) is 9.59 Å². The fourth-order valence-corrected chi connectivity index (χ4v) is 5.13. The number of rotatable bonds is 33. The van der Waals surface area contributed by atoms with Crippen LogP contribution in [0.25, 0.3) is 0 Å². The first-order valence-electron chi connectivity index (χ1n) is 18.5. The Morgan fingerprint density at radius 1 is 0.674 bits per heavy atom. The number of methoxy groups -OCH3 is 1. The van der Waals surface area contributed by atoms with Crippen LogP contribution in [0.15, 0.2) is 24.3 Å². The van der Waals surface area contributed by atoms with E-state index in [0.717, 1.165) is 77.2 Å². The molecular formula is C38H72N2O6. The molecule has 8 nitrogen and oxygen atoms in total. The molecular weight excluding hydrogens is 580 g/mol. The zero-order valence-corrected chi connectivity index (χ0v) is 30.8. The monoisotopic (exact) mass is 653 g/mol. The van der Waals surface area contributed by atoms with E-state index in [1.807, 2.05) is 19.0 Å². The quantitative estimate of drug-likeness (QED) is 0.0305. The van der Waals surface area contributed by atoms with Gasteiger partial charge in [-0.25, -0.2) is 0 Å². The average Bonchev–Trinajstić information content (AvgIpc) is 3.04. The highest BCUT2D eigenvalue weighted by Gasteiger charge is 2.25. The minimum Gasteiger partial charge on any atom is -0.463 e. The Bertz CT molecular complexity index is 733. The first-order valence-corrected chi connectivity index (χ1v) is 18.5. The fourth-order valence-electron chi connectivity index (χ4n) is 5.13. The van der Waals surface area contributed by atoms with Crippen LogP contribution in [0.1, 0.15) is 136 Å². The molecule has 0 radical (unpaired) electrons. The highest BCUT2D eigenvalue weighted by Crippen LogP contribution is 2.14. The highest BCUT2D eigenvalue weighted by molar-refractivity contribution is 5.76. The van der Waals surface area contributed by atoms with Gasteiger partial charge in [-0.15, -0.1) is 0 Å². The van der Waals surface area contributed by atoms with Crippen molar-refractivity contribution in [2.24, 2.45) is 0 Å². The summed E-state index contributed by atoms with van der Waals surface area (Å²) in [5, 5.41) is 0. The molecule has 1 atom stereocenters.